The molecule has 0 aliphatic rings. The summed E-state index contributed by atoms with van der Waals surface area (Å²) in [6.07, 6.45) is -3.85. The fraction of sp³-hybridized carbons (Fsp3) is 0.353. The molecule has 0 amide bonds. The van der Waals surface area contributed by atoms with E-state index >= 15 is 0 Å². The standard InChI is InChI=1S/C17H17F3O3S/c1-12(21)10-16(17(18,19)20,24-11-15-4-3-9-23-15)13-5-7-14(22-2)8-6-13/h3-9H,10-11H2,1-2H3/t16-/m0/s1. The van der Waals surface area contributed by atoms with Crippen molar-refractivity contribution in [2.24, 2.45) is 0 Å². The van der Waals surface area contributed by atoms with Crippen LogP contribution in [0, 0.1) is 0 Å². The summed E-state index contributed by atoms with van der Waals surface area (Å²) in [5, 5.41) is 0. The van der Waals surface area contributed by atoms with E-state index in [0.717, 1.165) is 6.92 Å². The lowest BCUT2D eigenvalue weighted by Gasteiger charge is -2.35. The lowest BCUT2D eigenvalue weighted by Crippen LogP contribution is -2.41. The highest BCUT2D eigenvalue weighted by molar-refractivity contribution is 7.99. The minimum absolute atomic E-state index is 0.00577. The van der Waals surface area contributed by atoms with Gasteiger partial charge in [0.25, 0.3) is 0 Å². The van der Waals surface area contributed by atoms with Gasteiger partial charge in [-0.05, 0) is 36.8 Å². The molecule has 0 aliphatic carbocycles. The molecule has 0 N–H and O–H groups in total. The minimum atomic E-state index is -4.61. The summed E-state index contributed by atoms with van der Waals surface area (Å²) in [5.41, 5.74) is 0.0163. The van der Waals surface area contributed by atoms with Gasteiger partial charge < -0.3 is 9.15 Å². The molecule has 0 saturated carbocycles. The largest absolute Gasteiger partial charge is 0.497 e. The van der Waals surface area contributed by atoms with Crippen LogP contribution in [0.15, 0.2) is 47.1 Å². The van der Waals surface area contributed by atoms with Crippen molar-refractivity contribution in [1.29, 1.82) is 0 Å². The van der Waals surface area contributed by atoms with Gasteiger partial charge in [-0.15, -0.1) is 11.8 Å². The van der Waals surface area contributed by atoms with Crippen LogP contribution in [-0.4, -0.2) is 19.1 Å². The second kappa shape index (κ2) is 7.34. The minimum Gasteiger partial charge on any atom is -0.497 e. The van der Waals surface area contributed by atoms with Crippen molar-refractivity contribution in [3.8, 4) is 5.75 Å². The molecule has 0 fully saturated rings. The molecule has 7 heteroatoms. The Morgan fingerprint density at radius 1 is 1.21 bits per heavy atom. The quantitative estimate of drug-likeness (QED) is 0.701. The first-order valence-electron chi connectivity index (χ1n) is 7.15. The second-order valence-electron chi connectivity index (χ2n) is 5.30. The maximum absolute atomic E-state index is 14.0. The van der Waals surface area contributed by atoms with Crippen LogP contribution >= 0.6 is 11.8 Å². The normalized spacial score (nSPS) is 14.2. The number of halogens is 3. The van der Waals surface area contributed by atoms with Crippen molar-refractivity contribution in [3.63, 3.8) is 0 Å². The van der Waals surface area contributed by atoms with Crippen LogP contribution in [0.1, 0.15) is 24.7 Å². The molecular formula is C17H17F3O3S. The number of ether oxygens (including phenoxy) is 1. The first-order valence-corrected chi connectivity index (χ1v) is 8.14. The number of hydrogen-bond acceptors (Lipinski definition) is 4. The van der Waals surface area contributed by atoms with Crippen LogP contribution in [0.25, 0.3) is 0 Å². The molecule has 1 aromatic heterocycles. The number of thioether (sulfide) groups is 1. The number of carbonyl (C=O) groups excluding carboxylic acids is 1. The summed E-state index contributed by atoms with van der Waals surface area (Å²) >= 11 is 0.648. The van der Waals surface area contributed by atoms with E-state index in [1.54, 1.807) is 12.1 Å². The Bertz CT molecular complexity index is 665. The van der Waals surface area contributed by atoms with E-state index in [1.807, 2.05) is 0 Å². The van der Waals surface area contributed by atoms with Crippen molar-refractivity contribution in [1.82, 2.24) is 0 Å². The highest BCUT2D eigenvalue weighted by Gasteiger charge is 2.57. The summed E-state index contributed by atoms with van der Waals surface area (Å²) in [6.45, 7) is 1.16. The van der Waals surface area contributed by atoms with E-state index in [4.69, 9.17) is 9.15 Å². The lowest BCUT2D eigenvalue weighted by atomic mass is 9.92. The second-order valence-corrected chi connectivity index (χ2v) is 6.57. The molecular weight excluding hydrogens is 341 g/mol. The third-order valence-electron chi connectivity index (χ3n) is 3.55. The fourth-order valence-corrected chi connectivity index (χ4v) is 3.71. The lowest BCUT2D eigenvalue weighted by molar-refractivity contribution is -0.166. The molecule has 2 aromatic rings. The molecule has 2 rings (SSSR count). The number of Topliss-reactive ketones (excluding diaryl/α,β-unsaturated/α-hetero) is 1. The fourth-order valence-electron chi connectivity index (χ4n) is 2.38. The Morgan fingerprint density at radius 2 is 1.88 bits per heavy atom. The van der Waals surface area contributed by atoms with Gasteiger partial charge in [-0.3, -0.25) is 4.79 Å². The van der Waals surface area contributed by atoms with Crippen molar-refractivity contribution in [3.05, 3.63) is 54.0 Å². The van der Waals surface area contributed by atoms with Crippen LogP contribution in [0.3, 0.4) is 0 Å². The summed E-state index contributed by atoms with van der Waals surface area (Å²) in [6, 6.07) is 8.85. The molecule has 0 unspecified atom stereocenters. The van der Waals surface area contributed by atoms with Crippen LogP contribution in [-0.2, 0) is 15.3 Å². The smallest absolute Gasteiger partial charge is 0.407 e. The van der Waals surface area contributed by atoms with E-state index in [2.05, 4.69) is 0 Å². The van der Waals surface area contributed by atoms with E-state index in [1.165, 1.54) is 37.6 Å². The number of benzene rings is 1. The summed E-state index contributed by atoms with van der Waals surface area (Å²) in [5.74, 6) is 0.348. The maximum Gasteiger partial charge on any atom is 0.407 e. The molecule has 1 heterocycles. The molecule has 1 atom stereocenters. The molecule has 0 aliphatic heterocycles. The predicted molar refractivity (Wildman–Crippen MR) is 86.0 cm³/mol. The van der Waals surface area contributed by atoms with Crippen molar-refractivity contribution in [2.45, 2.75) is 30.0 Å². The Morgan fingerprint density at radius 3 is 2.33 bits per heavy atom. The number of furan rings is 1. The molecule has 0 saturated heterocycles. The van der Waals surface area contributed by atoms with Crippen LogP contribution < -0.4 is 4.74 Å². The summed E-state index contributed by atoms with van der Waals surface area (Å²) in [7, 11) is 1.44. The van der Waals surface area contributed by atoms with Gasteiger partial charge in [-0.1, -0.05) is 12.1 Å². The van der Waals surface area contributed by atoms with Gasteiger partial charge in [0.15, 0.2) is 0 Å². The molecule has 24 heavy (non-hydrogen) atoms. The summed E-state index contributed by atoms with van der Waals surface area (Å²) < 4.78 is 49.8. The average molecular weight is 358 g/mol. The zero-order valence-electron chi connectivity index (χ0n) is 13.2. The molecule has 0 bridgehead atoms. The van der Waals surface area contributed by atoms with Crippen molar-refractivity contribution < 1.29 is 27.1 Å². The van der Waals surface area contributed by atoms with Crippen LogP contribution in [0.5, 0.6) is 5.75 Å². The molecule has 1 aromatic carbocycles. The number of rotatable bonds is 7. The van der Waals surface area contributed by atoms with E-state index in [0.29, 0.717) is 23.3 Å². The van der Waals surface area contributed by atoms with Gasteiger partial charge in [0.1, 0.15) is 22.0 Å². The van der Waals surface area contributed by atoms with Gasteiger partial charge in [0, 0.05) is 6.42 Å². The predicted octanol–water partition coefficient (Wildman–Crippen LogP) is 4.96. The van der Waals surface area contributed by atoms with Crippen molar-refractivity contribution in [2.75, 3.05) is 7.11 Å². The van der Waals surface area contributed by atoms with Crippen molar-refractivity contribution >= 4 is 17.5 Å². The number of ketones is 1. The van der Waals surface area contributed by atoms with Gasteiger partial charge in [-0.25, -0.2) is 0 Å². The average Bonchev–Trinajstić information content (AvgIpc) is 3.03. The molecule has 3 nitrogen and oxygen atoms in total. The maximum atomic E-state index is 14.0. The Labute approximate surface area is 142 Å². The first kappa shape index (κ1) is 18.4. The number of carbonyl (C=O) groups is 1. The summed E-state index contributed by atoms with van der Waals surface area (Å²) in [4.78, 5) is 11.6. The zero-order chi connectivity index (χ0) is 17.8. The Kier molecular flexibility index (Phi) is 5.64. The van der Waals surface area contributed by atoms with Crippen LogP contribution in [0.2, 0.25) is 0 Å². The first-order chi connectivity index (χ1) is 11.3. The molecule has 130 valence electrons. The van der Waals surface area contributed by atoms with Crippen LogP contribution in [0.4, 0.5) is 13.2 Å². The molecule has 0 spiro atoms. The van der Waals surface area contributed by atoms with Gasteiger partial charge in [0.05, 0.1) is 19.1 Å². The molecule has 0 radical (unpaired) electrons. The van der Waals surface area contributed by atoms with Gasteiger partial charge in [0.2, 0.25) is 0 Å². The van der Waals surface area contributed by atoms with E-state index < -0.39 is 23.1 Å². The number of hydrogen-bond donors (Lipinski definition) is 0. The number of methoxy groups -OCH3 is 1. The topological polar surface area (TPSA) is 39.4 Å². The highest BCUT2D eigenvalue weighted by Crippen LogP contribution is 2.53. The third-order valence-corrected chi connectivity index (χ3v) is 5.09. The zero-order valence-corrected chi connectivity index (χ0v) is 14.0. The van der Waals surface area contributed by atoms with Gasteiger partial charge in [-0.2, -0.15) is 13.2 Å². The van der Waals surface area contributed by atoms with E-state index in [-0.39, 0.29) is 11.3 Å². The Balaban J connectivity index is 2.44. The monoisotopic (exact) mass is 358 g/mol. The highest BCUT2D eigenvalue weighted by atomic mass is 32.2. The Hall–Kier alpha value is -1.89. The van der Waals surface area contributed by atoms with Gasteiger partial charge >= 0.3 is 6.18 Å². The number of alkyl halides is 3. The third kappa shape index (κ3) is 3.95. The SMILES string of the molecule is COc1ccc([C@](CC(C)=O)(SCc2ccco2)C(F)(F)F)cc1. The van der Waals surface area contributed by atoms with E-state index in [9.17, 15) is 18.0 Å².